The maximum absolute atomic E-state index is 11.4. The average molecular weight is 259 g/mol. The molecule has 6 heteroatoms. The number of thiazole rings is 1. The predicted molar refractivity (Wildman–Crippen MR) is 63.5 cm³/mol. The second-order valence-electron chi connectivity index (χ2n) is 4.67. The Morgan fingerprint density at radius 3 is 2.65 bits per heavy atom. The molecule has 17 heavy (non-hydrogen) atoms. The van der Waals surface area contributed by atoms with Crippen molar-refractivity contribution in [2.24, 2.45) is 0 Å². The molecular formula is C11H17NO4S. The lowest BCUT2D eigenvalue weighted by atomic mass is 10.1. The average Bonchev–Trinajstić information content (AvgIpc) is 2.65. The van der Waals surface area contributed by atoms with Crippen LogP contribution in [0.15, 0.2) is 11.6 Å². The van der Waals surface area contributed by atoms with E-state index in [9.17, 15) is 15.0 Å². The number of rotatable bonds is 4. The van der Waals surface area contributed by atoms with Gasteiger partial charge in [0.2, 0.25) is 0 Å². The first-order valence-electron chi connectivity index (χ1n) is 5.27. The summed E-state index contributed by atoms with van der Waals surface area (Å²) in [5.41, 5.74) is -0.594. The van der Waals surface area contributed by atoms with E-state index in [1.807, 2.05) is 0 Å². The largest absolute Gasteiger partial charge is 0.460 e. The van der Waals surface area contributed by atoms with Crippen LogP contribution in [-0.4, -0.2) is 32.9 Å². The van der Waals surface area contributed by atoms with Crippen molar-refractivity contribution in [2.75, 3.05) is 0 Å². The number of aliphatic hydroxyl groups is 2. The molecule has 5 nitrogen and oxygen atoms in total. The molecule has 0 aliphatic heterocycles. The van der Waals surface area contributed by atoms with Crippen LogP contribution in [0.3, 0.4) is 0 Å². The molecule has 96 valence electrons. The van der Waals surface area contributed by atoms with Crippen LogP contribution in [0.25, 0.3) is 0 Å². The molecule has 0 amide bonds. The van der Waals surface area contributed by atoms with E-state index in [2.05, 4.69) is 4.98 Å². The van der Waals surface area contributed by atoms with Crippen molar-refractivity contribution in [1.82, 2.24) is 4.98 Å². The molecule has 0 bridgehead atoms. The third kappa shape index (κ3) is 4.80. The summed E-state index contributed by atoms with van der Waals surface area (Å²) < 4.78 is 5.05. The standard InChI is InChI=1S/C11H17NO4S/c1-11(2,3)16-8(14)6-7(13)9(15)10-12-4-5-17-10/h4-5,7,9,13,15H,6H2,1-3H3/t7-,9+/m1/s1. The summed E-state index contributed by atoms with van der Waals surface area (Å²) in [5, 5.41) is 21.5. The fourth-order valence-electron chi connectivity index (χ4n) is 1.21. The molecule has 1 rings (SSSR count). The highest BCUT2D eigenvalue weighted by atomic mass is 32.1. The highest BCUT2D eigenvalue weighted by Gasteiger charge is 2.26. The van der Waals surface area contributed by atoms with Crippen LogP contribution in [0.5, 0.6) is 0 Å². The fourth-order valence-corrected chi connectivity index (χ4v) is 1.89. The molecule has 0 spiro atoms. The highest BCUT2D eigenvalue weighted by molar-refractivity contribution is 7.09. The molecule has 0 aliphatic carbocycles. The van der Waals surface area contributed by atoms with Gasteiger partial charge in [-0.1, -0.05) is 0 Å². The second-order valence-corrected chi connectivity index (χ2v) is 5.60. The molecule has 0 saturated heterocycles. The van der Waals surface area contributed by atoms with Crippen LogP contribution in [-0.2, 0) is 9.53 Å². The van der Waals surface area contributed by atoms with Gasteiger partial charge in [0.05, 0.1) is 12.5 Å². The molecule has 2 N–H and O–H groups in total. The van der Waals surface area contributed by atoms with E-state index < -0.39 is 23.8 Å². The zero-order valence-corrected chi connectivity index (χ0v) is 10.9. The maximum Gasteiger partial charge on any atom is 0.309 e. The lowest BCUT2D eigenvalue weighted by Crippen LogP contribution is -2.28. The minimum Gasteiger partial charge on any atom is -0.460 e. The fraction of sp³-hybridized carbons (Fsp3) is 0.636. The normalized spacial score (nSPS) is 15.4. The Balaban J connectivity index is 2.49. The summed E-state index contributed by atoms with van der Waals surface area (Å²) in [6, 6.07) is 0. The Morgan fingerprint density at radius 1 is 1.53 bits per heavy atom. The number of carbonyl (C=O) groups is 1. The van der Waals surface area contributed by atoms with Gasteiger partial charge in [0, 0.05) is 11.6 Å². The highest BCUT2D eigenvalue weighted by Crippen LogP contribution is 2.21. The van der Waals surface area contributed by atoms with E-state index in [1.54, 1.807) is 26.2 Å². The summed E-state index contributed by atoms with van der Waals surface area (Å²) in [4.78, 5) is 15.3. The van der Waals surface area contributed by atoms with Gasteiger partial charge in [0.15, 0.2) is 0 Å². The Morgan fingerprint density at radius 2 is 2.18 bits per heavy atom. The minimum absolute atomic E-state index is 0.252. The van der Waals surface area contributed by atoms with Crippen LogP contribution in [0.1, 0.15) is 38.3 Å². The number of carbonyl (C=O) groups excluding carboxylic acids is 1. The number of hydrogen-bond donors (Lipinski definition) is 2. The second kappa shape index (κ2) is 5.57. The summed E-state index contributed by atoms with van der Waals surface area (Å²) >= 11 is 1.23. The van der Waals surface area contributed by atoms with E-state index >= 15 is 0 Å². The van der Waals surface area contributed by atoms with Gasteiger partial charge >= 0.3 is 5.97 Å². The van der Waals surface area contributed by atoms with Gasteiger partial charge in [-0.2, -0.15) is 0 Å². The Kier molecular flexibility index (Phi) is 4.62. The zero-order chi connectivity index (χ0) is 13.1. The van der Waals surface area contributed by atoms with Crippen molar-refractivity contribution in [2.45, 2.75) is 45.0 Å². The number of hydrogen-bond acceptors (Lipinski definition) is 6. The first-order valence-corrected chi connectivity index (χ1v) is 6.15. The van der Waals surface area contributed by atoms with Crippen LogP contribution in [0.4, 0.5) is 0 Å². The SMILES string of the molecule is CC(C)(C)OC(=O)C[C@@H](O)[C@H](O)c1nccs1. The maximum atomic E-state index is 11.4. The molecule has 0 fully saturated rings. The van der Waals surface area contributed by atoms with Crippen LogP contribution >= 0.6 is 11.3 Å². The Hall–Kier alpha value is -0.980. The Labute approximate surface area is 104 Å². The van der Waals surface area contributed by atoms with E-state index in [4.69, 9.17) is 4.74 Å². The predicted octanol–water partition coefficient (Wildman–Crippen LogP) is 1.27. The summed E-state index contributed by atoms with van der Waals surface area (Å²) in [6.07, 6.45) is -1.07. The van der Waals surface area contributed by atoms with Crippen molar-refractivity contribution in [3.63, 3.8) is 0 Å². The third-order valence-electron chi connectivity index (χ3n) is 1.86. The monoisotopic (exact) mass is 259 g/mol. The summed E-state index contributed by atoms with van der Waals surface area (Å²) in [6.45, 7) is 5.23. The minimum atomic E-state index is -1.20. The number of aliphatic hydroxyl groups excluding tert-OH is 2. The van der Waals surface area contributed by atoms with Crippen molar-refractivity contribution >= 4 is 17.3 Å². The van der Waals surface area contributed by atoms with E-state index in [0.717, 1.165) is 0 Å². The van der Waals surface area contributed by atoms with E-state index in [0.29, 0.717) is 5.01 Å². The van der Waals surface area contributed by atoms with Crippen molar-refractivity contribution in [3.05, 3.63) is 16.6 Å². The van der Waals surface area contributed by atoms with E-state index in [1.165, 1.54) is 17.5 Å². The molecule has 0 aliphatic rings. The zero-order valence-electron chi connectivity index (χ0n) is 10.1. The molecule has 2 atom stereocenters. The topological polar surface area (TPSA) is 79.7 Å². The Bertz CT molecular complexity index is 358. The number of nitrogens with zero attached hydrogens (tertiary/aromatic N) is 1. The van der Waals surface area contributed by atoms with Gasteiger partial charge in [-0.05, 0) is 20.8 Å². The lowest BCUT2D eigenvalue weighted by molar-refractivity contribution is -0.158. The van der Waals surface area contributed by atoms with Gasteiger partial charge in [-0.25, -0.2) is 4.98 Å². The molecule has 1 heterocycles. The number of esters is 1. The lowest BCUT2D eigenvalue weighted by Gasteiger charge is -2.21. The third-order valence-corrected chi connectivity index (χ3v) is 2.71. The van der Waals surface area contributed by atoms with Gasteiger partial charge < -0.3 is 14.9 Å². The molecule has 0 radical (unpaired) electrons. The number of aromatic nitrogens is 1. The molecule has 0 unspecified atom stereocenters. The van der Waals surface area contributed by atoms with Crippen LogP contribution < -0.4 is 0 Å². The summed E-state index contributed by atoms with van der Waals surface area (Å²) in [7, 11) is 0. The molecule has 0 aromatic carbocycles. The molecule has 0 saturated carbocycles. The quantitative estimate of drug-likeness (QED) is 0.796. The van der Waals surface area contributed by atoms with Gasteiger partial charge in [-0.15, -0.1) is 11.3 Å². The van der Waals surface area contributed by atoms with E-state index in [-0.39, 0.29) is 6.42 Å². The van der Waals surface area contributed by atoms with Gasteiger partial charge in [0.25, 0.3) is 0 Å². The smallest absolute Gasteiger partial charge is 0.309 e. The van der Waals surface area contributed by atoms with Crippen molar-refractivity contribution in [1.29, 1.82) is 0 Å². The molecular weight excluding hydrogens is 242 g/mol. The first-order chi connectivity index (χ1) is 7.79. The van der Waals surface area contributed by atoms with Gasteiger partial charge in [0.1, 0.15) is 16.7 Å². The first kappa shape index (κ1) is 14.1. The molecule has 1 aromatic rings. The van der Waals surface area contributed by atoms with Gasteiger partial charge in [-0.3, -0.25) is 4.79 Å². The summed E-state index contributed by atoms with van der Waals surface area (Å²) in [5.74, 6) is -0.541. The number of ether oxygens (including phenoxy) is 1. The van der Waals surface area contributed by atoms with Crippen molar-refractivity contribution < 1.29 is 19.7 Å². The molecule has 1 aromatic heterocycles. The van der Waals surface area contributed by atoms with Crippen LogP contribution in [0, 0.1) is 0 Å². The van der Waals surface area contributed by atoms with Crippen LogP contribution in [0.2, 0.25) is 0 Å². The van der Waals surface area contributed by atoms with Crippen molar-refractivity contribution in [3.8, 4) is 0 Å².